The molecule has 140 valence electrons. The summed E-state index contributed by atoms with van der Waals surface area (Å²) in [5.74, 6) is -0.261. The molecule has 9 heteroatoms. The number of halogens is 1. The molecule has 0 radical (unpaired) electrons. The van der Waals surface area contributed by atoms with Gasteiger partial charge in [0.05, 0.1) is 4.90 Å². The lowest BCUT2D eigenvalue weighted by atomic mass is 10.1. The van der Waals surface area contributed by atoms with Gasteiger partial charge in [0, 0.05) is 25.4 Å². The van der Waals surface area contributed by atoms with Gasteiger partial charge in [-0.2, -0.15) is 4.31 Å². The second kappa shape index (κ2) is 6.94. The summed E-state index contributed by atoms with van der Waals surface area (Å²) < 4.78 is 63.6. The van der Waals surface area contributed by atoms with Gasteiger partial charge in [-0.25, -0.2) is 21.2 Å². The molecule has 1 aromatic carbocycles. The minimum Gasteiger partial charge on any atom is -0.314 e. The Balaban J connectivity index is 1.68. The number of sulfonamides is 1. The first-order valence-electron chi connectivity index (χ1n) is 8.41. The normalized spacial score (nSPS) is 20.7. The summed E-state index contributed by atoms with van der Waals surface area (Å²) in [4.78, 5) is -0.698. The number of hydrogen-bond donors (Lipinski definition) is 1. The third kappa shape index (κ3) is 4.39. The van der Waals surface area contributed by atoms with Crippen LogP contribution in [0.15, 0.2) is 28.0 Å². The summed E-state index contributed by atoms with van der Waals surface area (Å²) in [7, 11) is -7.55. The van der Waals surface area contributed by atoms with Crippen LogP contribution in [0.25, 0.3) is 0 Å². The molecule has 0 spiro atoms. The molecular formula is C16H23FN2O4S2. The van der Waals surface area contributed by atoms with Crippen LogP contribution in [-0.4, -0.2) is 53.1 Å². The molecule has 0 bridgehead atoms. The molecule has 0 amide bonds. The van der Waals surface area contributed by atoms with Crippen molar-refractivity contribution in [3.05, 3.63) is 24.0 Å². The molecule has 0 unspecified atom stereocenters. The van der Waals surface area contributed by atoms with E-state index in [0.717, 1.165) is 49.8 Å². The molecule has 2 aliphatic rings. The Morgan fingerprint density at radius 1 is 1.12 bits per heavy atom. The van der Waals surface area contributed by atoms with Crippen LogP contribution in [0.5, 0.6) is 0 Å². The summed E-state index contributed by atoms with van der Waals surface area (Å²) >= 11 is 0. The smallest absolute Gasteiger partial charge is 0.243 e. The minimum absolute atomic E-state index is 0.207. The quantitative estimate of drug-likeness (QED) is 0.793. The van der Waals surface area contributed by atoms with Crippen LogP contribution in [0, 0.1) is 11.7 Å². The first-order valence-corrected chi connectivity index (χ1v) is 11.7. The van der Waals surface area contributed by atoms with Gasteiger partial charge < -0.3 is 5.32 Å². The Bertz CT molecular complexity index is 843. The van der Waals surface area contributed by atoms with Crippen LogP contribution in [0.1, 0.15) is 25.7 Å². The minimum atomic E-state index is -3.82. The summed E-state index contributed by atoms with van der Waals surface area (Å²) in [6.45, 7) is 1.75. The van der Waals surface area contributed by atoms with Gasteiger partial charge >= 0.3 is 0 Å². The molecular weight excluding hydrogens is 367 g/mol. The molecule has 1 saturated carbocycles. The number of sulfone groups is 1. The highest BCUT2D eigenvalue weighted by Gasteiger charge is 2.31. The molecule has 1 heterocycles. The summed E-state index contributed by atoms with van der Waals surface area (Å²) in [6, 6.07) is 3.29. The van der Waals surface area contributed by atoms with Gasteiger partial charge in [0.1, 0.15) is 10.7 Å². The predicted octanol–water partition coefficient (Wildman–Crippen LogP) is 1.38. The fourth-order valence-corrected chi connectivity index (χ4v) is 5.26. The Morgan fingerprint density at radius 3 is 2.28 bits per heavy atom. The maximum absolute atomic E-state index is 14.0. The van der Waals surface area contributed by atoms with E-state index in [1.54, 1.807) is 0 Å². The van der Waals surface area contributed by atoms with Gasteiger partial charge in [-0.3, -0.25) is 0 Å². The van der Waals surface area contributed by atoms with E-state index in [9.17, 15) is 21.2 Å². The summed E-state index contributed by atoms with van der Waals surface area (Å²) in [5, 5.41) is 3.48. The van der Waals surface area contributed by atoms with Crippen molar-refractivity contribution >= 4 is 19.9 Å². The van der Waals surface area contributed by atoms with Gasteiger partial charge in [0.2, 0.25) is 10.0 Å². The molecule has 1 aliphatic heterocycles. The van der Waals surface area contributed by atoms with Gasteiger partial charge in [-0.1, -0.05) is 0 Å². The molecule has 0 atom stereocenters. The average molecular weight is 391 g/mol. The highest BCUT2D eigenvalue weighted by molar-refractivity contribution is 7.90. The van der Waals surface area contributed by atoms with Crippen LogP contribution in [0.2, 0.25) is 0 Å². The molecule has 1 N–H and O–H groups in total. The van der Waals surface area contributed by atoms with Crippen molar-refractivity contribution in [1.29, 1.82) is 0 Å². The number of nitrogens with one attached hydrogen (secondary N) is 1. The van der Waals surface area contributed by atoms with E-state index in [4.69, 9.17) is 0 Å². The monoisotopic (exact) mass is 390 g/mol. The SMILES string of the molecule is CS(=O)(=O)c1ccc(S(=O)(=O)N2CCC(NCC3CC3)CC2)cc1F. The van der Waals surface area contributed by atoms with Gasteiger partial charge in [-0.15, -0.1) is 0 Å². The Labute approximate surface area is 148 Å². The molecule has 6 nitrogen and oxygen atoms in total. The average Bonchev–Trinajstić information content (AvgIpc) is 3.36. The lowest BCUT2D eigenvalue weighted by Gasteiger charge is -2.31. The van der Waals surface area contributed by atoms with E-state index >= 15 is 0 Å². The van der Waals surface area contributed by atoms with E-state index in [1.165, 1.54) is 17.1 Å². The van der Waals surface area contributed by atoms with Crippen LogP contribution in [0.3, 0.4) is 0 Å². The van der Waals surface area contributed by atoms with Crippen LogP contribution < -0.4 is 5.32 Å². The molecule has 2 fully saturated rings. The summed E-state index contributed by atoms with van der Waals surface area (Å²) in [6.07, 6.45) is 4.87. The highest BCUT2D eigenvalue weighted by atomic mass is 32.2. The van der Waals surface area contributed by atoms with Gasteiger partial charge in [0.25, 0.3) is 0 Å². The number of hydrogen-bond acceptors (Lipinski definition) is 5. The molecule has 1 aliphatic carbocycles. The predicted molar refractivity (Wildman–Crippen MR) is 92.0 cm³/mol. The van der Waals surface area contributed by atoms with E-state index in [0.29, 0.717) is 19.1 Å². The third-order valence-corrected chi connectivity index (χ3v) is 7.81. The van der Waals surface area contributed by atoms with Crippen molar-refractivity contribution in [2.75, 3.05) is 25.9 Å². The number of nitrogens with zero attached hydrogens (tertiary/aromatic N) is 1. The molecule has 25 heavy (non-hydrogen) atoms. The van der Waals surface area contributed by atoms with Crippen molar-refractivity contribution in [2.24, 2.45) is 5.92 Å². The highest BCUT2D eigenvalue weighted by Crippen LogP contribution is 2.28. The second-order valence-electron chi connectivity index (χ2n) is 6.89. The maximum Gasteiger partial charge on any atom is 0.243 e. The number of piperidine rings is 1. The molecule has 1 aromatic rings. The van der Waals surface area contributed by atoms with Crippen molar-refractivity contribution in [3.8, 4) is 0 Å². The van der Waals surface area contributed by atoms with E-state index in [-0.39, 0.29) is 4.90 Å². The number of benzene rings is 1. The largest absolute Gasteiger partial charge is 0.314 e. The van der Waals surface area contributed by atoms with Crippen molar-refractivity contribution in [3.63, 3.8) is 0 Å². The first-order chi connectivity index (χ1) is 11.7. The summed E-state index contributed by atoms with van der Waals surface area (Å²) in [5.41, 5.74) is 0. The van der Waals surface area contributed by atoms with Crippen molar-refractivity contribution < 1.29 is 21.2 Å². The Morgan fingerprint density at radius 2 is 1.76 bits per heavy atom. The van der Waals surface area contributed by atoms with Gasteiger partial charge in [-0.05, 0) is 56.3 Å². The van der Waals surface area contributed by atoms with Crippen molar-refractivity contribution in [1.82, 2.24) is 9.62 Å². The second-order valence-corrected chi connectivity index (χ2v) is 10.8. The molecule has 3 rings (SSSR count). The van der Waals surface area contributed by atoms with Crippen molar-refractivity contribution in [2.45, 2.75) is 41.5 Å². The molecule has 0 aromatic heterocycles. The Hall–Kier alpha value is -1.03. The Kier molecular flexibility index (Phi) is 5.21. The van der Waals surface area contributed by atoms with Crippen LogP contribution in [0.4, 0.5) is 4.39 Å². The zero-order valence-corrected chi connectivity index (χ0v) is 15.7. The zero-order valence-electron chi connectivity index (χ0n) is 14.1. The fraction of sp³-hybridized carbons (Fsp3) is 0.625. The van der Waals surface area contributed by atoms with Gasteiger partial charge in [0.15, 0.2) is 9.84 Å². The lowest BCUT2D eigenvalue weighted by molar-refractivity contribution is 0.288. The van der Waals surface area contributed by atoms with Crippen LogP contribution in [-0.2, 0) is 19.9 Å². The van der Waals surface area contributed by atoms with Crippen LogP contribution >= 0.6 is 0 Å². The van der Waals surface area contributed by atoms with E-state index in [1.807, 2.05) is 0 Å². The number of rotatable bonds is 6. The van der Waals surface area contributed by atoms with E-state index in [2.05, 4.69) is 5.32 Å². The third-order valence-electron chi connectivity index (χ3n) is 4.79. The van der Waals surface area contributed by atoms with E-state index < -0.39 is 30.6 Å². The first kappa shape index (κ1) is 18.8. The maximum atomic E-state index is 14.0. The molecule has 1 saturated heterocycles. The fourth-order valence-electron chi connectivity index (χ4n) is 3.05. The topological polar surface area (TPSA) is 83.5 Å². The standard InChI is InChI=1S/C16H23FN2O4S2/c1-24(20,21)16-5-4-14(10-15(16)17)25(22,23)19-8-6-13(7-9-19)18-11-12-2-3-12/h4-5,10,12-13,18H,2-3,6-9,11H2,1H3. The lowest BCUT2D eigenvalue weighted by Crippen LogP contribution is -2.45. The zero-order chi connectivity index (χ0) is 18.2.